The van der Waals surface area contributed by atoms with Gasteiger partial charge in [0.15, 0.2) is 5.82 Å². The average molecular weight is 212 g/mol. The lowest BCUT2D eigenvalue weighted by atomic mass is 10.3. The highest BCUT2D eigenvalue weighted by Crippen LogP contribution is 2.11. The minimum absolute atomic E-state index is 0.269. The van der Waals surface area contributed by atoms with Crippen molar-refractivity contribution in [1.82, 2.24) is 14.8 Å². The van der Waals surface area contributed by atoms with Gasteiger partial charge in [0.1, 0.15) is 12.1 Å². The van der Waals surface area contributed by atoms with E-state index in [0.717, 1.165) is 5.69 Å². The largest absolute Gasteiger partial charge is 0.285 e. The van der Waals surface area contributed by atoms with E-state index in [2.05, 4.69) is 10.2 Å². The molecule has 14 heavy (non-hydrogen) atoms. The summed E-state index contributed by atoms with van der Waals surface area (Å²) in [5.74, 6) is 0.643. The number of hydrogen-bond acceptors (Lipinski definition) is 2. The van der Waals surface area contributed by atoms with Crippen LogP contribution in [0.25, 0.3) is 5.69 Å². The molecule has 0 unspecified atom stereocenters. The monoisotopic (exact) mass is 211 g/mol. The van der Waals surface area contributed by atoms with Crippen molar-refractivity contribution in [3.63, 3.8) is 0 Å². The van der Waals surface area contributed by atoms with Gasteiger partial charge in [-0.15, -0.1) is 21.8 Å². The maximum absolute atomic E-state index is 12.6. The SMILES string of the molecule is Fc1ccc(-n2cnnc2CCl)cc1. The summed E-state index contributed by atoms with van der Waals surface area (Å²) in [5, 5.41) is 7.55. The molecule has 3 nitrogen and oxygen atoms in total. The second kappa shape index (κ2) is 3.75. The molecule has 0 spiro atoms. The van der Waals surface area contributed by atoms with Crippen LogP contribution in [0, 0.1) is 5.82 Å². The van der Waals surface area contributed by atoms with Crippen molar-refractivity contribution in [1.29, 1.82) is 0 Å². The van der Waals surface area contributed by atoms with Crippen molar-refractivity contribution in [2.24, 2.45) is 0 Å². The smallest absolute Gasteiger partial charge is 0.152 e. The van der Waals surface area contributed by atoms with Gasteiger partial charge in [0.25, 0.3) is 0 Å². The fraction of sp³-hybridized carbons (Fsp3) is 0.111. The maximum Gasteiger partial charge on any atom is 0.152 e. The first-order valence-corrected chi connectivity index (χ1v) is 4.55. The van der Waals surface area contributed by atoms with E-state index in [4.69, 9.17) is 11.6 Å². The van der Waals surface area contributed by atoms with Gasteiger partial charge in [0, 0.05) is 5.69 Å². The third kappa shape index (κ3) is 1.61. The van der Waals surface area contributed by atoms with Crippen LogP contribution >= 0.6 is 11.6 Å². The minimum atomic E-state index is -0.269. The van der Waals surface area contributed by atoms with Crippen molar-refractivity contribution >= 4 is 11.6 Å². The number of alkyl halides is 1. The third-order valence-electron chi connectivity index (χ3n) is 1.84. The summed E-state index contributed by atoms with van der Waals surface area (Å²) in [6.07, 6.45) is 1.55. The van der Waals surface area contributed by atoms with Crippen LogP contribution in [0.2, 0.25) is 0 Å². The van der Waals surface area contributed by atoms with E-state index in [-0.39, 0.29) is 11.7 Å². The van der Waals surface area contributed by atoms with Gasteiger partial charge in [0.2, 0.25) is 0 Å². The Balaban J connectivity index is 2.44. The van der Waals surface area contributed by atoms with E-state index < -0.39 is 0 Å². The molecule has 0 aliphatic carbocycles. The first-order chi connectivity index (χ1) is 6.81. The molecule has 5 heteroatoms. The molecule has 1 aromatic carbocycles. The van der Waals surface area contributed by atoms with Crippen molar-refractivity contribution in [3.05, 3.63) is 42.2 Å². The van der Waals surface area contributed by atoms with E-state index in [1.807, 2.05) is 0 Å². The first kappa shape index (κ1) is 9.15. The Morgan fingerprint density at radius 1 is 1.29 bits per heavy atom. The van der Waals surface area contributed by atoms with Gasteiger partial charge in [-0.3, -0.25) is 4.57 Å². The van der Waals surface area contributed by atoms with Gasteiger partial charge >= 0.3 is 0 Å². The van der Waals surface area contributed by atoms with Crippen LogP contribution in [0.3, 0.4) is 0 Å². The number of benzene rings is 1. The second-order valence-electron chi connectivity index (χ2n) is 2.73. The Morgan fingerprint density at radius 3 is 2.64 bits per heavy atom. The highest BCUT2D eigenvalue weighted by atomic mass is 35.5. The number of rotatable bonds is 2. The number of halogens is 2. The second-order valence-corrected chi connectivity index (χ2v) is 2.99. The van der Waals surface area contributed by atoms with Crippen molar-refractivity contribution in [2.75, 3.05) is 0 Å². The van der Waals surface area contributed by atoms with Crippen LogP contribution < -0.4 is 0 Å². The van der Waals surface area contributed by atoms with Crippen molar-refractivity contribution in [3.8, 4) is 5.69 Å². The Kier molecular flexibility index (Phi) is 2.45. The lowest BCUT2D eigenvalue weighted by Gasteiger charge is -2.03. The molecule has 1 aromatic heterocycles. The van der Waals surface area contributed by atoms with Crippen LogP contribution in [0.15, 0.2) is 30.6 Å². The molecule has 0 amide bonds. The number of nitrogens with zero attached hydrogens (tertiary/aromatic N) is 3. The number of hydrogen-bond donors (Lipinski definition) is 0. The normalized spacial score (nSPS) is 10.4. The van der Waals surface area contributed by atoms with E-state index in [0.29, 0.717) is 5.82 Å². The fourth-order valence-corrected chi connectivity index (χ4v) is 1.35. The Hall–Kier alpha value is -1.42. The quantitative estimate of drug-likeness (QED) is 0.713. The Labute approximate surface area is 85.1 Å². The van der Waals surface area contributed by atoms with Gasteiger partial charge < -0.3 is 0 Å². The topological polar surface area (TPSA) is 30.7 Å². The standard InChI is InChI=1S/C9H7ClFN3/c10-5-9-13-12-6-14(9)8-3-1-7(11)2-4-8/h1-4,6H,5H2. The summed E-state index contributed by atoms with van der Waals surface area (Å²) in [6.45, 7) is 0. The van der Waals surface area contributed by atoms with Gasteiger partial charge in [-0.1, -0.05) is 0 Å². The molecule has 2 aromatic rings. The molecular weight excluding hydrogens is 205 g/mol. The highest BCUT2D eigenvalue weighted by Gasteiger charge is 2.04. The van der Waals surface area contributed by atoms with Crippen LogP contribution in [0.5, 0.6) is 0 Å². The molecule has 0 aliphatic heterocycles. The van der Waals surface area contributed by atoms with Gasteiger partial charge in [0.05, 0.1) is 5.88 Å². The van der Waals surface area contributed by atoms with Crippen molar-refractivity contribution in [2.45, 2.75) is 5.88 Å². The van der Waals surface area contributed by atoms with Gasteiger partial charge in [-0.05, 0) is 24.3 Å². The molecule has 0 saturated heterocycles. The van der Waals surface area contributed by atoms with Crippen LogP contribution in [0.4, 0.5) is 4.39 Å². The molecule has 72 valence electrons. The summed E-state index contributed by atoms with van der Waals surface area (Å²) in [6, 6.07) is 6.06. The first-order valence-electron chi connectivity index (χ1n) is 4.02. The summed E-state index contributed by atoms with van der Waals surface area (Å²) in [4.78, 5) is 0. The zero-order chi connectivity index (χ0) is 9.97. The predicted octanol–water partition coefficient (Wildman–Crippen LogP) is 2.15. The molecule has 2 rings (SSSR count). The lowest BCUT2D eigenvalue weighted by Crippen LogP contribution is -1.97. The molecular formula is C9H7ClFN3. The highest BCUT2D eigenvalue weighted by molar-refractivity contribution is 6.16. The van der Waals surface area contributed by atoms with E-state index in [1.165, 1.54) is 12.1 Å². The van der Waals surface area contributed by atoms with E-state index >= 15 is 0 Å². The molecule has 0 N–H and O–H groups in total. The van der Waals surface area contributed by atoms with Gasteiger partial charge in [-0.2, -0.15) is 0 Å². The zero-order valence-corrected chi connectivity index (χ0v) is 7.95. The Morgan fingerprint density at radius 2 is 2.00 bits per heavy atom. The molecule has 0 bridgehead atoms. The zero-order valence-electron chi connectivity index (χ0n) is 7.19. The molecule has 0 saturated carbocycles. The summed E-state index contributed by atoms with van der Waals surface area (Å²) in [5.41, 5.74) is 0.798. The molecule has 0 atom stereocenters. The van der Waals surface area contributed by atoms with Crippen LogP contribution in [-0.2, 0) is 5.88 Å². The van der Waals surface area contributed by atoms with Crippen molar-refractivity contribution < 1.29 is 4.39 Å². The summed E-state index contributed by atoms with van der Waals surface area (Å²) >= 11 is 5.66. The lowest BCUT2D eigenvalue weighted by molar-refractivity contribution is 0.627. The molecule has 0 radical (unpaired) electrons. The van der Waals surface area contributed by atoms with Crippen LogP contribution in [-0.4, -0.2) is 14.8 Å². The molecule has 1 heterocycles. The third-order valence-corrected chi connectivity index (χ3v) is 2.08. The maximum atomic E-state index is 12.6. The number of aromatic nitrogens is 3. The van der Waals surface area contributed by atoms with E-state index in [1.54, 1.807) is 23.0 Å². The summed E-state index contributed by atoms with van der Waals surface area (Å²) < 4.78 is 14.4. The molecule has 0 fully saturated rings. The van der Waals surface area contributed by atoms with Gasteiger partial charge in [-0.25, -0.2) is 4.39 Å². The summed E-state index contributed by atoms with van der Waals surface area (Å²) in [7, 11) is 0. The molecule has 0 aliphatic rings. The van der Waals surface area contributed by atoms with E-state index in [9.17, 15) is 4.39 Å². The minimum Gasteiger partial charge on any atom is -0.285 e. The fourth-order valence-electron chi connectivity index (χ4n) is 1.17. The predicted molar refractivity (Wildman–Crippen MR) is 50.9 cm³/mol. The Bertz CT molecular complexity index is 424. The van der Waals surface area contributed by atoms with Crippen LogP contribution in [0.1, 0.15) is 5.82 Å². The average Bonchev–Trinajstić information content (AvgIpc) is 2.67.